The number of thiophene rings is 2. The van der Waals surface area contributed by atoms with Crippen LogP contribution in [-0.2, 0) is 13.1 Å². The summed E-state index contributed by atoms with van der Waals surface area (Å²) in [6, 6.07) is 48.1. The number of aromatic nitrogens is 2. The van der Waals surface area contributed by atoms with Crippen LogP contribution in [0.3, 0.4) is 0 Å². The van der Waals surface area contributed by atoms with Crippen LogP contribution in [0.4, 0.5) is 17.1 Å². The van der Waals surface area contributed by atoms with Gasteiger partial charge in [0.25, 0.3) is 0 Å². The minimum Gasteiger partial charge on any atom is -0.477 e. The first-order valence-corrected chi connectivity index (χ1v) is 22.4. The number of fused-ring (bicyclic) bond motifs is 3. The molecule has 0 spiro atoms. The molecule has 0 aliphatic heterocycles. The predicted molar refractivity (Wildman–Crippen MR) is 261 cm³/mol. The predicted octanol–water partition coefficient (Wildman–Crippen LogP) is 14.0. The second-order valence-electron chi connectivity index (χ2n) is 15.3. The molecule has 0 radical (unpaired) electrons. The Kier molecular flexibility index (Phi) is 11.4. The SMILES string of the molecule is CCn1c(C(=O)O)ccc1/C(C#N)=C/c1ccc(-c2ccc(N(c3ccc(-c4ccc(/C=C(\C#N)c5ccc(C(=O)O)n5CC)s4)cc3)c3ccc4c(c3)oc3ccc(C)cc34)cc2)s1. The van der Waals surface area contributed by atoms with Crippen LogP contribution >= 0.6 is 22.7 Å². The van der Waals surface area contributed by atoms with Crippen LogP contribution in [-0.4, -0.2) is 31.3 Å². The highest BCUT2D eigenvalue weighted by atomic mass is 32.1. The average Bonchev–Trinajstić information content (AvgIpc) is 4.18. The van der Waals surface area contributed by atoms with E-state index in [2.05, 4.69) is 96.8 Å². The Labute approximate surface area is 382 Å². The summed E-state index contributed by atoms with van der Waals surface area (Å²) in [6.45, 7) is 6.63. The highest BCUT2D eigenvalue weighted by molar-refractivity contribution is 7.16. The maximum Gasteiger partial charge on any atom is 0.352 e. The Hall–Kier alpha value is -8.16. The molecule has 0 unspecified atom stereocenters. The third-order valence-corrected chi connectivity index (χ3v) is 13.5. The number of nitrogens with zero attached hydrogens (tertiary/aromatic N) is 5. The third-order valence-electron chi connectivity index (χ3n) is 11.3. The van der Waals surface area contributed by atoms with Crippen LogP contribution in [0.25, 0.3) is 66.1 Å². The molecule has 9 rings (SSSR count). The molecule has 0 amide bonds. The van der Waals surface area contributed by atoms with Gasteiger partial charge in [0, 0.05) is 66.5 Å². The van der Waals surface area contributed by atoms with Crippen molar-refractivity contribution < 1.29 is 24.2 Å². The lowest BCUT2D eigenvalue weighted by Crippen LogP contribution is -2.09. The standard InChI is InChI=1S/C53H39N5O5S2/c1-4-56-44(19-21-46(56)52(59)60)35(30-54)27-40-16-24-50(64-40)33-7-11-37(12-8-33)58(39-15-18-42-43-26-32(3)6-23-48(43)63-49(42)29-39)38-13-9-34(10-14-38)51-25-17-41(65-51)28-36(31-55)45-20-22-47(53(61)62)57(45)5-2/h6-29H,4-5H2,1-3H3,(H,59,60)(H,61,62)/b35-27+,36-28+. The Balaban J connectivity index is 1.04. The zero-order valence-corrected chi connectivity index (χ0v) is 37.1. The number of carboxylic acid groups (broad SMARTS) is 2. The van der Waals surface area contributed by atoms with Crippen molar-refractivity contribution in [1.82, 2.24) is 9.13 Å². The number of carboxylic acids is 2. The number of anilines is 3. The van der Waals surface area contributed by atoms with Gasteiger partial charge < -0.3 is 28.7 Å². The van der Waals surface area contributed by atoms with E-state index in [1.807, 2.05) is 50.2 Å². The molecule has 12 heteroatoms. The lowest BCUT2D eigenvalue weighted by molar-refractivity contribution is 0.0674. The van der Waals surface area contributed by atoms with Crippen molar-refractivity contribution in [2.45, 2.75) is 33.9 Å². The highest BCUT2D eigenvalue weighted by Gasteiger charge is 2.20. The number of aromatic carboxylic acids is 2. The van der Waals surface area contributed by atoms with E-state index in [0.29, 0.717) is 35.6 Å². The number of hydrogen-bond donors (Lipinski definition) is 2. The van der Waals surface area contributed by atoms with E-state index in [1.54, 1.807) is 56.1 Å². The van der Waals surface area contributed by atoms with Gasteiger partial charge in [0.1, 0.15) is 34.7 Å². The van der Waals surface area contributed by atoms with Crippen LogP contribution in [0, 0.1) is 29.6 Å². The zero-order chi connectivity index (χ0) is 45.4. The highest BCUT2D eigenvalue weighted by Crippen LogP contribution is 2.41. The maximum atomic E-state index is 11.8. The number of carbonyl (C=O) groups is 2. The van der Waals surface area contributed by atoms with Gasteiger partial charge in [-0.2, -0.15) is 10.5 Å². The zero-order valence-electron chi connectivity index (χ0n) is 35.4. The molecular weight excluding hydrogens is 851 g/mol. The Morgan fingerprint density at radius 1 is 0.585 bits per heavy atom. The van der Waals surface area contributed by atoms with Gasteiger partial charge in [-0.3, -0.25) is 0 Å². The number of hydrogen-bond acceptors (Lipinski definition) is 8. The van der Waals surface area contributed by atoms with Crippen molar-refractivity contribution in [1.29, 1.82) is 10.5 Å². The Morgan fingerprint density at radius 3 is 1.52 bits per heavy atom. The number of aryl methyl sites for hydroxylation is 1. The molecule has 318 valence electrons. The van der Waals surface area contributed by atoms with E-state index in [0.717, 1.165) is 75.2 Å². The molecule has 5 heterocycles. The quantitative estimate of drug-likeness (QED) is 0.109. The van der Waals surface area contributed by atoms with Gasteiger partial charge in [-0.05, 0) is 141 Å². The minimum atomic E-state index is -1.04. The topological polar surface area (TPSA) is 148 Å². The van der Waals surface area contributed by atoms with Gasteiger partial charge in [0.05, 0.1) is 22.5 Å². The van der Waals surface area contributed by atoms with Crippen molar-refractivity contribution in [2.75, 3.05) is 4.90 Å². The number of rotatable bonds is 13. The monoisotopic (exact) mass is 889 g/mol. The van der Waals surface area contributed by atoms with Gasteiger partial charge in [-0.15, -0.1) is 22.7 Å². The van der Waals surface area contributed by atoms with E-state index in [9.17, 15) is 30.3 Å². The number of nitriles is 2. The number of benzene rings is 4. The second-order valence-corrected chi connectivity index (χ2v) is 17.5. The molecule has 4 aromatic carbocycles. The molecule has 2 N–H and O–H groups in total. The van der Waals surface area contributed by atoms with Crippen molar-refractivity contribution in [2.24, 2.45) is 0 Å². The molecule has 65 heavy (non-hydrogen) atoms. The minimum absolute atomic E-state index is 0.143. The summed E-state index contributed by atoms with van der Waals surface area (Å²) in [4.78, 5) is 29.5. The molecule has 0 fully saturated rings. The lowest BCUT2D eigenvalue weighted by Gasteiger charge is -2.26. The average molecular weight is 890 g/mol. The summed E-state index contributed by atoms with van der Waals surface area (Å²) in [5, 5.41) is 41.5. The van der Waals surface area contributed by atoms with E-state index in [1.165, 1.54) is 12.1 Å². The molecule has 10 nitrogen and oxygen atoms in total. The van der Waals surface area contributed by atoms with Crippen molar-refractivity contribution in [3.8, 4) is 33.0 Å². The summed E-state index contributed by atoms with van der Waals surface area (Å²) >= 11 is 3.10. The molecule has 9 aromatic rings. The molecular formula is C53H39N5O5S2. The van der Waals surface area contributed by atoms with Crippen LogP contribution in [0.2, 0.25) is 0 Å². The third kappa shape index (κ3) is 8.05. The van der Waals surface area contributed by atoms with E-state index >= 15 is 0 Å². The van der Waals surface area contributed by atoms with Crippen molar-refractivity contribution >= 4 is 96.9 Å². The van der Waals surface area contributed by atoms with Crippen LogP contribution in [0.5, 0.6) is 0 Å². The van der Waals surface area contributed by atoms with Gasteiger partial charge >= 0.3 is 11.9 Å². The number of furan rings is 1. The van der Waals surface area contributed by atoms with E-state index in [4.69, 9.17) is 4.42 Å². The molecule has 0 aliphatic rings. The normalized spacial score (nSPS) is 11.8. The largest absolute Gasteiger partial charge is 0.477 e. The van der Waals surface area contributed by atoms with Crippen LogP contribution < -0.4 is 4.90 Å². The molecule has 0 bridgehead atoms. The summed E-state index contributed by atoms with van der Waals surface area (Å²) < 4.78 is 9.65. The van der Waals surface area contributed by atoms with Crippen molar-refractivity contribution in [3.05, 3.63) is 172 Å². The van der Waals surface area contributed by atoms with Gasteiger partial charge in [0.15, 0.2) is 0 Å². The molecule has 0 atom stereocenters. The first-order chi connectivity index (χ1) is 31.6. The van der Waals surface area contributed by atoms with Crippen LogP contribution in [0.1, 0.15) is 61.5 Å². The first kappa shape index (κ1) is 42.2. The van der Waals surface area contributed by atoms with E-state index < -0.39 is 11.9 Å². The Bertz CT molecular complexity index is 3280. The lowest BCUT2D eigenvalue weighted by atomic mass is 10.1. The molecule has 0 saturated heterocycles. The summed E-state index contributed by atoms with van der Waals surface area (Å²) in [5.41, 5.74) is 9.76. The maximum absolute atomic E-state index is 11.8. The number of allylic oxidation sites excluding steroid dienone is 2. The first-order valence-electron chi connectivity index (χ1n) is 20.8. The summed E-state index contributed by atoms with van der Waals surface area (Å²) in [7, 11) is 0. The summed E-state index contributed by atoms with van der Waals surface area (Å²) in [6.07, 6.45) is 3.61. The van der Waals surface area contributed by atoms with Gasteiger partial charge in [-0.1, -0.05) is 35.9 Å². The second kappa shape index (κ2) is 17.5. The van der Waals surface area contributed by atoms with Gasteiger partial charge in [0.2, 0.25) is 0 Å². The molecule has 0 saturated carbocycles. The fraction of sp³-hybridized carbons (Fsp3) is 0.0943. The molecule has 0 aliphatic carbocycles. The van der Waals surface area contributed by atoms with Crippen molar-refractivity contribution in [3.63, 3.8) is 0 Å². The van der Waals surface area contributed by atoms with Gasteiger partial charge in [-0.25, -0.2) is 9.59 Å². The fourth-order valence-corrected chi connectivity index (χ4v) is 10.2. The fourth-order valence-electron chi connectivity index (χ4n) is 8.26. The Morgan fingerprint density at radius 2 is 1.06 bits per heavy atom. The van der Waals surface area contributed by atoms with E-state index in [-0.39, 0.29) is 11.4 Å². The molecule has 5 aromatic heterocycles. The smallest absolute Gasteiger partial charge is 0.352 e. The summed E-state index contributed by atoms with van der Waals surface area (Å²) in [5.74, 6) is -2.07. The van der Waals surface area contributed by atoms with Crippen LogP contribution in [0.15, 0.2) is 138 Å².